The molecule has 0 spiro atoms. The normalized spacial score (nSPS) is 17.8. The molecule has 1 aliphatic carbocycles. The molecule has 3 heteroatoms. The molecule has 1 fully saturated rings. The van der Waals surface area contributed by atoms with Crippen LogP contribution in [0.1, 0.15) is 32.1 Å². The van der Waals surface area contributed by atoms with Crippen molar-refractivity contribution in [3.05, 3.63) is 0 Å². The van der Waals surface area contributed by atoms with Crippen LogP contribution in [0, 0.1) is 10.8 Å². The van der Waals surface area contributed by atoms with Gasteiger partial charge in [0, 0.05) is 27.9 Å². The topological polar surface area (TPSA) is 29.1 Å². The quantitative estimate of drug-likeness (QED) is 0.683. The number of amides is 1. The molecule has 1 aliphatic rings. The Morgan fingerprint density at radius 1 is 1.33 bits per heavy atom. The van der Waals surface area contributed by atoms with Crippen molar-refractivity contribution in [3.63, 3.8) is 0 Å². The van der Waals surface area contributed by atoms with E-state index in [1.807, 2.05) is 0 Å². The van der Waals surface area contributed by atoms with Crippen molar-refractivity contribution in [2.45, 2.75) is 38.1 Å². The smallest absolute Gasteiger partial charge is 0.296 e. The Labute approximate surface area is 81.2 Å². The van der Waals surface area contributed by atoms with Crippen LogP contribution in [0.4, 0.5) is 0 Å². The van der Waals surface area contributed by atoms with Gasteiger partial charge in [0.05, 0.1) is 0 Å². The van der Waals surface area contributed by atoms with E-state index in [4.69, 9.17) is 0 Å². The molecule has 0 radical (unpaired) electrons. The van der Waals surface area contributed by atoms with E-state index in [0.717, 1.165) is 12.8 Å². The first-order valence-electron chi connectivity index (χ1n) is 4.25. The van der Waals surface area contributed by atoms with Crippen molar-refractivity contribution in [1.29, 1.82) is 0 Å². The molecule has 0 aromatic rings. The Bertz CT molecular complexity index is 210. The molecule has 0 bridgehead atoms. The van der Waals surface area contributed by atoms with Crippen LogP contribution in [-0.4, -0.2) is 11.9 Å². The summed E-state index contributed by atoms with van der Waals surface area (Å²) in [6.45, 7) is 0. The Hall–Kier alpha value is -0.490. The van der Waals surface area contributed by atoms with Crippen molar-refractivity contribution in [3.8, 4) is 10.8 Å². The lowest BCUT2D eigenvalue weighted by atomic mass is 9.95. The zero-order chi connectivity index (χ0) is 8.81. The van der Waals surface area contributed by atoms with Crippen molar-refractivity contribution < 1.29 is 4.79 Å². The molecule has 0 saturated heterocycles. The van der Waals surface area contributed by atoms with Gasteiger partial charge in [-0.25, -0.2) is 0 Å². The summed E-state index contributed by atoms with van der Waals surface area (Å²) >= 11 is 2.89. The highest BCUT2D eigenvalue weighted by Crippen LogP contribution is 2.16. The average molecular weight is 230 g/mol. The zero-order valence-electron chi connectivity index (χ0n) is 6.90. The molecule has 1 N–H and O–H groups in total. The molecule has 0 aromatic carbocycles. The van der Waals surface area contributed by atoms with Crippen LogP contribution in [0.3, 0.4) is 0 Å². The van der Waals surface area contributed by atoms with E-state index < -0.39 is 0 Å². The number of rotatable bonds is 1. The van der Waals surface area contributed by atoms with Gasteiger partial charge in [-0.3, -0.25) is 4.79 Å². The van der Waals surface area contributed by atoms with E-state index in [2.05, 4.69) is 32.0 Å². The van der Waals surface area contributed by atoms with Gasteiger partial charge in [0.15, 0.2) is 0 Å². The Balaban J connectivity index is 2.27. The van der Waals surface area contributed by atoms with Crippen LogP contribution in [-0.2, 0) is 4.79 Å². The first-order chi connectivity index (χ1) is 5.83. The molecule has 1 saturated carbocycles. The number of carbonyl (C=O) groups is 1. The molecule has 1 rings (SSSR count). The lowest BCUT2D eigenvalue weighted by molar-refractivity contribution is -0.116. The van der Waals surface area contributed by atoms with Crippen LogP contribution >= 0.6 is 15.9 Å². The van der Waals surface area contributed by atoms with Gasteiger partial charge in [0.2, 0.25) is 0 Å². The minimum atomic E-state index is -0.168. The monoisotopic (exact) mass is 229 g/mol. The number of nitrogens with one attached hydrogen (secondary N) is 1. The largest absolute Gasteiger partial charge is 0.343 e. The Morgan fingerprint density at radius 2 is 2.00 bits per heavy atom. The maximum absolute atomic E-state index is 11.0. The molecule has 1 amide bonds. The fraction of sp³-hybridized carbons (Fsp3) is 0.667. The summed E-state index contributed by atoms with van der Waals surface area (Å²) in [5.41, 5.74) is 0. The molecular formula is C9H12BrNO. The fourth-order valence-electron chi connectivity index (χ4n) is 1.51. The third-order valence-corrected chi connectivity index (χ3v) is 2.30. The number of halogens is 1. The standard InChI is InChI=1S/C9H12BrNO/c10-7-6-9(12)11-8-4-2-1-3-5-8/h8H,1-5H2,(H,11,12). The lowest BCUT2D eigenvalue weighted by Gasteiger charge is -2.21. The molecule has 0 unspecified atom stereocenters. The third kappa shape index (κ3) is 3.27. The molecule has 0 aromatic heterocycles. The fourth-order valence-corrected chi connectivity index (χ4v) is 1.69. The SMILES string of the molecule is O=C(C#CBr)NC1CCCCC1. The molecule has 0 heterocycles. The minimum absolute atomic E-state index is 0.168. The van der Waals surface area contributed by atoms with Gasteiger partial charge in [-0.1, -0.05) is 19.3 Å². The molecular weight excluding hydrogens is 218 g/mol. The second-order valence-corrected chi connectivity index (χ2v) is 3.42. The summed E-state index contributed by atoms with van der Waals surface area (Å²) in [5.74, 6) is 2.24. The highest BCUT2D eigenvalue weighted by Gasteiger charge is 2.13. The van der Waals surface area contributed by atoms with Crippen molar-refractivity contribution in [1.82, 2.24) is 5.32 Å². The highest BCUT2D eigenvalue weighted by atomic mass is 79.9. The summed E-state index contributed by atoms with van der Waals surface area (Å²) in [6.07, 6.45) is 5.97. The van der Waals surface area contributed by atoms with E-state index in [-0.39, 0.29) is 5.91 Å². The average Bonchev–Trinajstić information content (AvgIpc) is 2.06. The van der Waals surface area contributed by atoms with Gasteiger partial charge in [0.25, 0.3) is 5.91 Å². The summed E-state index contributed by atoms with van der Waals surface area (Å²) in [6, 6.07) is 0.361. The van der Waals surface area contributed by atoms with E-state index in [1.54, 1.807) is 0 Å². The summed E-state index contributed by atoms with van der Waals surface area (Å²) < 4.78 is 0. The van der Waals surface area contributed by atoms with Crippen LogP contribution < -0.4 is 5.32 Å². The minimum Gasteiger partial charge on any atom is -0.343 e. The maximum Gasteiger partial charge on any atom is 0.296 e. The molecule has 0 atom stereocenters. The number of carbonyl (C=O) groups excluding carboxylic acids is 1. The maximum atomic E-state index is 11.0. The van der Waals surface area contributed by atoms with Crippen molar-refractivity contribution >= 4 is 21.8 Å². The van der Waals surface area contributed by atoms with Crippen molar-refractivity contribution in [2.75, 3.05) is 0 Å². The highest BCUT2D eigenvalue weighted by molar-refractivity contribution is 9.12. The first kappa shape index (κ1) is 9.60. The predicted molar refractivity (Wildman–Crippen MR) is 51.7 cm³/mol. The van der Waals surface area contributed by atoms with Gasteiger partial charge in [0.1, 0.15) is 0 Å². The molecule has 0 aliphatic heterocycles. The van der Waals surface area contributed by atoms with Gasteiger partial charge < -0.3 is 5.32 Å². The predicted octanol–water partition coefficient (Wildman–Crippen LogP) is 1.79. The summed E-state index contributed by atoms with van der Waals surface area (Å²) in [7, 11) is 0. The van der Waals surface area contributed by atoms with E-state index in [1.165, 1.54) is 19.3 Å². The Morgan fingerprint density at radius 3 is 2.58 bits per heavy atom. The summed E-state index contributed by atoms with van der Waals surface area (Å²) in [5, 5.41) is 2.88. The third-order valence-electron chi connectivity index (χ3n) is 2.10. The van der Waals surface area contributed by atoms with Gasteiger partial charge in [-0.05, 0) is 17.7 Å². The van der Waals surface area contributed by atoms with Crippen LogP contribution in [0.25, 0.3) is 0 Å². The van der Waals surface area contributed by atoms with Gasteiger partial charge in [-0.2, -0.15) is 0 Å². The zero-order valence-corrected chi connectivity index (χ0v) is 8.49. The van der Waals surface area contributed by atoms with Gasteiger partial charge >= 0.3 is 0 Å². The van der Waals surface area contributed by atoms with E-state index in [0.29, 0.717) is 6.04 Å². The molecule has 12 heavy (non-hydrogen) atoms. The van der Waals surface area contributed by atoms with E-state index >= 15 is 0 Å². The van der Waals surface area contributed by atoms with Crippen LogP contribution in [0.5, 0.6) is 0 Å². The van der Waals surface area contributed by atoms with Crippen LogP contribution in [0.15, 0.2) is 0 Å². The number of hydrogen-bond acceptors (Lipinski definition) is 1. The lowest BCUT2D eigenvalue weighted by Crippen LogP contribution is -2.35. The van der Waals surface area contributed by atoms with Crippen molar-refractivity contribution in [2.24, 2.45) is 0 Å². The van der Waals surface area contributed by atoms with Gasteiger partial charge in [-0.15, -0.1) is 0 Å². The summed E-state index contributed by atoms with van der Waals surface area (Å²) in [4.78, 5) is 13.4. The Kier molecular flexibility index (Phi) is 4.16. The van der Waals surface area contributed by atoms with Crippen LogP contribution in [0.2, 0.25) is 0 Å². The molecule has 2 nitrogen and oxygen atoms in total. The first-order valence-corrected chi connectivity index (χ1v) is 5.04. The molecule has 66 valence electrons. The second kappa shape index (κ2) is 5.21. The number of hydrogen-bond donors (Lipinski definition) is 1. The second-order valence-electron chi connectivity index (χ2n) is 3.03. The van der Waals surface area contributed by atoms with E-state index in [9.17, 15) is 4.79 Å².